The highest BCUT2D eigenvalue weighted by atomic mass is 16.2. The molecular weight excluding hydrogens is 280 g/mol. The number of amides is 2. The largest absolute Gasteiger partial charge is 0.357 e. The Morgan fingerprint density at radius 2 is 2.00 bits per heavy atom. The zero-order chi connectivity index (χ0) is 15.9. The lowest BCUT2D eigenvalue weighted by Gasteiger charge is -2.33. The summed E-state index contributed by atoms with van der Waals surface area (Å²) in [6.07, 6.45) is 4.12. The second-order valence-corrected chi connectivity index (χ2v) is 6.22. The number of likely N-dealkylation sites (tertiary alicyclic amines) is 2. The summed E-state index contributed by atoms with van der Waals surface area (Å²) in [5, 5.41) is 3.32. The molecule has 2 fully saturated rings. The van der Waals surface area contributed by atoms with Crippen molar-refractivity contribution in [3.05, 3.63) is 0 Å². The molecule has 2 aliphatic rings. The third kappa shape index (κ3) is 4.45. The molecule has 2 rings (SSSR count). The molecule has 1 unspecified atom stereocenters. The smallest absolute Gasteiger partial charge is 0.229 e. The average Bonchev–Trinajstić information content (AvgIpc) is 2.49. The zero-order valence-corrected chi connectivity index (χ0v) is 13.8. The van der Waals surface area contributed by atoms with Gasteiger partial charge in [-0.05, 0) is 32.1 Å². The standard InChI is InChI=1S/C16H28N4O2/c1-3-17-16(19-10-5-6-13(2)12-19)18-9-11-20-14(21)7-4-8-15(20)22/h13H,3-12H2,1-2H3,(H,17,18). The predicted octanol–water partition coefficient (Wildman–Crippen LogP) is 1.22. The molecule has 0 aromatic carbocycles. The van der Waals surface area contributed by atoms with Gasteiger partial charge in [0.2, 0.25) is 11.8 Å². The van der Waals surface area contributed by atoms with Gasteiger partial charge in [-0.1, -0.05) is 6.92 Å². The first-order valence-electron chi connectivity index (χ1n) is 8.48. The van der Waals surface area contributed by atoms with Crippen molar-refractivity contribution in [3.8, 4) is 0 Å². The summed E-state index contributed by atoms with van der Waals surface area (Å²) in [5.41, 5.74) is 0. The maximum absolute atomic E-state index is 11.8. The van der Waals surface area contributed by atoms with Gasteiger partial charge in [0.15, 0.2) is 5.96 Å². The van der Waals surface area contributed by atoms with E-state index >= 15 is 0 Å². The van der Waals surface area contributed by atoms with Crippen molar-refractivity contribution in [2.75, 3.05) is 32.7 Å². The monoisotopic (exact) mass is 308 g/mol. The molecule has 2 aliphatic heterocycles. The fourth-order valence-electron chi connectivity index (χ4n) is 3.11. The fourth-order valence-corrected chi connectivity index (χ4v) is 3.11. The third-order valence-electron chi connectivity index (χ3n) is 4.26. The topological polar surface area (TPSA) is 65.0 Å². The van der Waals surface area contributed by atoms with E-state index in [9.17, 15) is 9.59 Å². The van der Waals surface area contributed by atoms with Crippen LogP contribution in [0.5, 0.6) is 0 Å². The van der Waals surface area contributed by atoms with Crippen LogP contribution in [0.4, 0.5) is 0 Å². The summed E-state index contributed by atoms with van der Waals surface area (Å²) in [6, 6.07) is 0. The molecule has 2 heterocycles. The first-order chi connectivity index (χ1) is 10.6. The van der Waals surface area contributed by atoms with Crippen LogP contribution in [0, 0.1) is 5.92 Å². The van der Waals surface area contributed by atoms with Crippen molar-refractivity contribution in [2.24, 2.45) is 10.9 Å². The van der Waals surface area contributed by atoms with E-state index in [2.05, 4.69) is 29.1 Å². The number of nitrogens with zero attached hydrogens (tertiary/aromatic N) is 3. The van der Waals surface area contributed by atoms with Gasteiger partial charge in [0.25, 0.3) is 0 Å². The van der Waals surface area contributed by atoms with Gasteiger partial charge in [0, 0.05) is 39.0 Å². The van der Waals surface area contributed by atoms with Crippen molar-refractivity contribution >= 4 is 17.8 Å². The van der Waals surface area contributed by atoms with Gasteiger partial charge in [-0.25, -0.2) is 0 Å². The van der Waals surface area contributed by atoms with E-state index in [-0.39, 0.29) is 11.8 Å². The lowest BCUT2D eigenvalue weighted by atomic mass is 10.0. The maximum Gasteiger partial charge on any atom is 0.229 e. The second kappa shape index (κ2) is 8.15. The van der Waals surface area contributed by atoms with Crippen molar-refractivity contribution in [2.45, 2.75) is 46.0 Å². The van der Waals surface area contributed by atoms with Gasteiger partial charge in [-0.15, -0.1) is 0 Å². The number of carbonyl (C=O) groups excluding carboxylic acids is 2. The van der Waals surface area contributed by atoms with Crippen LogP contribution < -0.4 is 5.32 Å². The number of carbonyl (C=O) groups is 2. The molecule has 22 heavy (non-hydrogen) atoms. The summed E-state index contributed by atoms with van der Waals surface area (Å²) < 4.78 is 0. The first kappa shape index (κ1) is 16.8. The number of guanidine groups is 1. The first-order valence-corrected chi connectivity index (χ1v) is 8.48. The summed E-state index contributed by atoms with van der Waals surface area (Å²) in [6.45, 7) is 8.07. The van der Waals surface area contributed by atoms with Crippen LogP contribution in [0.1, 0.15) is 46.0 Å². The molecule has 0 aromatic heterocycles. The van der Waals surface area contributed by atoms with Crippen molar-refractivity contribution in [3.63, 3.8) is 0 Å². The predicted molar refractivity (Wildman–Crippen MR) is 86.5 cm³/mol. The Balaban J connectivity index is 1.92. The molecule has 2 amide bonds. The molecule has 0 bridgehead atoms. The third-order valence-corrected chi connectivity index (χ3v) is 4.26. The average molecular weight is 308 g/mol. The van der Waals surface area contributed by atoms with E-state index < -0.39 is 0 Å². The summed E-state index contributed by atoms with van der Waals surface area (Å²) in [5.74, 6) is 1.49. The van der Waals surface area contributed by atoms with Crippen LogP contribution in [0.3, 0.4) is 0 Å². The highest BCUT2D eigenvalue weighted by Gasteiger charge is 2.25. The number of nitrogens with one attached hydrogen (secondary N) is 1. The Hall–Kier alpha value is -1.59. The van der Waals surface area contributed by atoms with Crippen LogP contribution in [0.25, 0.3) is 0 Å². The molecule has 0 aromatic rings. The quantitative estimate of drug-likeness (QED) is 0.482. The molecular formula is C16H28N4O2. The molecule has 6 heteroatoms. The Kier molecular flexibility index (Phi) is 6.21. The van der Waals surface area contributed by atoms with Gasteiger partial charge in [0.05, 0.1) is 6.54 Å². The minimum absolute atomic E-state index is 0.0527. The number of hydrogen-bond donors (Lipinski definition) is 1. The molecule has 1 atom stereocenters. The normalized spacial score (nSPS) is 23.9. The Bertz CT molecular complexity index is 420. The van der Waals surface area contributed by atoms with Gasteiger partial charge < -0.3 is 10.2 Å². The molecule has 1 N–H and O–H groups in total. The van der Waals surface area contributed by atoms with Crippen LogP contribution in [-0.2, 0) is 9.59 Å². The fraction of sp³-hybridized carbons (Fsp3) is 0.812. The summed E-state index contributed by atoms with van der Waals surface area (Å²) in [4.78, 5) is 31.8. The van der Waals surface area contributed by atoms with E-state index in [0.717, 1.165) is 25.6 Å². The molecule has 2 saturated heterocycles. The lowest BCUT2D eigenvalue weighted by molar-refractivity contribution is -0.147. The Labute approximate surface area is 132 Å². The van der Waals surface area contributed by atoms with Crippen LogP contribution in [-0.4, -0.2) is 60.3 Å². The van der Waals surface area contributed by atoms with Crippen LogP contribution >= 0.6 is 0 Å². The van der Waals surface area contributed by atoms with Gasteiger partial charge in [0.1, 0.15) is 0 Å². The molecule has 0 radical (unpaired) electrons. The Morgan fingerprint density at radius 3 is 2.64 bits per heavy atom. The second-order valence-electron chi connectivity index (χ2n) is 6.22. The van der Waals surface area contributed by atoms with E-state index in [4.69, 9.17) is 0 Å². The maximum atomic E-state index is 11.8. The zero-order valence-electron chi connectivity index (χ0n) is 13.8. The van der Waals surface area contributed by atoms with Crippen molar-refractivity contribution in [1.29, 1.82) is 0 Å². The highest BCUT2D eigenvalue weighted by Crippen LogP contribution is 2.15. The van der Waals surface area contributed by atoms with E-state index in [1.54, 1.807) is 0 Å². The number of rotatable bonds is 4. The number of imide groups is 1. The Morgan fingerprint density at radius 1 is 1.27 bits per heavy atom. The van der Waals surface area contributed by atoms with Gasteiger partial charge in [-0.3, -0.25) is 19.5 Å². The minimum Gasteiger partial charge on any atom is -0.357 e. The van der Waals surface area contributed by atoms with Crippen molar-refractivity contribution < 1.29 is 9.59 Å². The number of piperidine rings is 2. The summed E-state index contributed by atoms with van der Waals surface area (Å²) in [7, 11) is 0. The number of hydrogen-bond acceptors (Lipinski definition) is 3. The van der Waals surface area contributed by atoms with E-state index in [1.807, 2.05) is 0 Å². The molecule has 6 nitrogen and oxygen atoms in total. The van der Waals surface area contributed by atoms with E-state index in [1.165, 1.54) is 17.7 Å². The minimum atomic E-state index is -0.0527. The van der Waals surface area contributed by atoms with Gasteiger partial charge >= 0.3 is 0 Å². The van der Waals surface area contributed by atoms with Crippen LogP contribution in [0.2, 0.25) is 0 Å². The molecule has 0 saturated carbocycles. The SMILES string of the molecule is CCNC(=NCCN1C(=O)CCCC1=O)N1CCCC(C)C1. The molecule has 0 aliphatic carbocycles. The van der Waals surface area contributed by atoms with E-state index in [0.29, 0.717) is 38.3 Å². The van der Waals surface area contributed by atoms with Gasteiger partial charge in [-0.2, -0.15) is 0 Å². The number of aliphatic imine (C=N–C) groups is 1. The van der Waals surface area contributed by atoms with Crippen molar-refractivity contribution in [1.82, 2.24) is 15.1 Å². The van der Waals surface area contributed by atoms with Crippen LogP contribution in [0.15, 0.2) is 4.99 Å². The highest BCUT2D eigenvalue weighted by molar-refractivity contribution is 5.97. The molecule has 0 spiro atoms. The lowest BCUT2D eigenvalue weighted by Crippen LogP contribution is -2.47. The molecule has 124 valence electrons. The summed E-state index contributed by atoms with van der Waals surface area (Å²) >= 11 is 0.